The number of hydrogen-bond donors (Lipinski definition) is 1. The summed E-state index contributed by atoms with van der Waals surface area (Å²) in [5, 5.41) is 8.29. The number of sulfone groups is 1. The topological polar surface area (TPSA) is 80.7 Å². The van der Waals surface area contributed by atoms with Gasteiger partial charge >= 0.3 is 5.97 Å². The van der Waals surface area contributed by atoms with Crippen LogP contribution in [0.15, 0.2) is 17.0 Å². The number of benzene rings is 1. The SMILES string of the molecule is COCC(C)S(=O)(=O)c1cc(C(=O)O)cc(C)c1C. The van der Waals surface area contributed by atoms with Crippen LogP contribution in [0.5, 0.6) is 0 Å². The molecule has 1 aromatic rings. The van der Waals surface area contributed by atoms with E-state index in [1.54, 1.807) is 20.8 Å². The zero-order valence-electron chi connectivity index (χ0n) is 11.4. The molecule has 1 N–H and O–H groups in total. The molecule has 0 amide bonds. The smallest absolute Gasteiger partial charge is 0.335 e. The second-order valence-corrected chi connectivity index (χ2v) is 6.87. The summed E-state index contributed by atoms with van der Waals surface area (Å²) < 4.78 is 29.7. The first-order valence-corrected chi connectivity index (χ1v) is 7.33. The Morgan fingerprint density at radius 3 is 2.42 bits per heavy atom. The fourth-order valence-electron chi connectivity index (χ4n) is 1.79. The van der Waals surface area contributed by atoms with E-state index in [-0.39, 0.29) is 17.1 Å². The molecule has 0 saturated heterocycles. The summed E-state index contributed by atoms with van der Waals surface area (Å²) in [5.74, 6) is -1.14. The zero-order chi connectivity index (χ0) is 14.8. The summed E-state index contributed by atoms with van der Waals surface area (Å²) in [7, 11) is -2.17. The molecule has 0 radical (unpaired) electrons. The predicted octanol–water partition coefficient (Wildman–Crippen LogP) is 1.81. The first-order valence-electron chi connectivity index (χ1n) is 5.79. The van der Waals surface area contributed by atoms with Gasteiger partial charge in [0.25, 0.3) is 0 Å². The number of carboxylic acid groups (broad SMARTS) is 1. The number of aryl methyl sites for hydroxylation is 1. The number of ether oxygens (including phenoxy) is 1. The molecule has 0 aromatic heterocycles. The van der Waals surface area contributed by atoms with E-state index in [1.807, 2.05) is 0 Å². The summed E-state index contributed by atoms with van der Waals surface area (Å²) in [6.07, 6.45) is 0. The van der Waals surface area contributed by atoms with E-state index in [1.165, 1.54) is 19.2 Å². The molecule has 0 saturated carbocycles. The molecule has 1 atom stereocenters. The Hall–Kier alpha value is -1.40. The molecular formula is C13H18O5S. The molecule has 0 aliphatic rings. The Morgan fingerprint density at radius 1 is 1.37 bits per heavy atom. The Kier molecular flexibility index (Phi) is 4.70. The lowest BCUT2D eigenvalue weighted by Crippen LogP contribution is -2.24. The molecule has 0 aliphatic carbocycles. The van der Waals surface area contributed by atoms with Crippen LogP contribution in [0.1, 0.15) is 28.4 Å². The van der Waals surface area contributed by atoms with Crippen molar-refractivity contribution in [2.24, 2.45) is 0 Å². The van der Waals surface area contributed by atoms with Gasteiger partial charge in [-0.25, -0.2) is 13.2 Å². The number of aromatic carboxylic acids is 1. The van der Waals surface area contributed by atoms with E-state index in [0.29, 0.717) is 11.1 Å². The van der Waals surface area contributed by atoms with E-state index in [4.69, 9.17) is 9.84 Å². The van der Waals surface area contributed by atoms with Gasteiger partial charge in [0, 0.05) is 7.11 Å². The minimum Gasteiger partial charge on any atom is -0.478 e. The molecule has 5 nitrogen and oxygen atoms in total. The molecule has 0 fully saturated rings. The van der Waals surface area contributed by atoms with Crippen LogP contribution in [0, 0.1) is 13.8 Å². The second kappa shape index (κ2) is 5.71. The van der Waals surface area contributed by atoms with Crippen LogP contribution in [0.3, 0.4) is 0 Å². The third kappa shape index (κ3) is 3.13. The minimum atomic E-state index is -3.60. The molecule has 0 heterocycles. The van der Waals surface area contributed by atoms with Crippen molar-refractivity contribution in [1.82, 2.24) is 0 Å². The summed E-state index contributed by atoms with van der Waals surface area (Å²) >= 11 is 0. The summed E-state index contributed by atoms with van der Waals surface area (Å²) in [4.78, 5) is 11.1. The maximum Gasteiger partial charge on any atom is 0.335 e. The van der Waals surface area contributed by atoms with Gasteiger partial charge in [-0.15, -0.1) is 0 Å². The minimum absolute atomic E-state index is 0.0220. The van der Waals surface area contributed by atoms with E-state index in [0.717, 1.165) is 0 Å². The number of rotatable bonds is 5. The normalized spacial score (nSPS) is 13.3. The van der Waals surface area contributed by atoms with Crippen molar-refractivity contribution in [3.05, 3.63) is 28.8 Å². The average Bonchev–Trinajstić information content (AvgIpc) is 2.32. The van der Waals surface area contributed by atoms with Crippen LogP contribution < -0.4 is 0 Å². The maximum atomic E-state index is 12.4. The summed E-state index contributed by atoms with van der Waals surface area (Å²) in [5.41, 5.74) is 1.20. The van der Waals surface area contributed by atoms with Crippen LogP contribution in [-0.4, -0.2) is 38.5 Å². The van der Waals surface area contributed by atoms with Crippen LogP contribution in [0.25, 0.3) is 0 Å². The number of carbonyl (C=O) groups is 1. The highest BCUT2D eigenvalue weighted by Gasteiger charge is 2.26. The molecule has 106 valence electrons. The highest BCUT2D eigenvalue weighted by Crippen LogP contribution is 2.25. The van der Waals surface area contributed by atoms with Gasteiger partial charge in [-0.05, 0) is 44.0 Å². The van der Waals surface area contributed by atoms with Crippen molar-refractivity contribution < 1.29 is 23.1 Å². The fourth-order valence-corrected chi connectivity index (χ4v) is 3.41. The van der Waals surface area contributed by atoms with Gasteiger partial charge in [-0.2, -0.15) is 0 Å². The molecule has 1 rings (SSSR count). The largest absolute Gasteiger partial charge is 0.478 e. The van der Waals surface area contributed by atoms with Crippen LogP contribution in [0.4, 0.5) is 0 Å². The van der Waals surface area contributed by atoms with E-state index in [9.17, 15) is 13.2 Å². The summed E-state index contributed by atoms with van der Waals surface area (Å²) in [6.45, 7) is 4.98. The van der Waals surface area contributed by atoms with Crippen molar-refractivity contribution in [1.29, 1.82) is 0 Å². The molecular weight excluding hydrogens is 268 g/mol. The summed E-state index contributed by atoms with van der Waals surface area (Å²) in [6, 6.07) is 2.68. The van der Waals surface area contributed by atoms with Gasteiger partial charge in [0.15, 0.2) is 9.84 Å². The van der Waals surface area contributed by atoms with Gasteiger partial charge in [-0.3, -0.25) is 0 Å². The molecule has 0 aliphatic heterocycles. The van der Waals surface area contributed by atoms with Crippen molar-refractivity contribution in [2.45, 2.75) is 30.9 Å². The van der Waals surface area contributed by atoms with Crippen molar-refractivity contribution in [3.63, 3.8) is 0 Å². The molecule has 0 spiro atoms. The van der Waals surface area contributed by atoms with E-state index >= 15 is 0 Å². The molecule has 0 bridgehead atoms. The zero-order valence-corrected chi connectivity index (χ0v) is 12.2. The monoisotopic (exact) mass is 286 g/mol. The first kappa shape index (κ1) is 15.7. The lowest BCUT2D eigenvalue weighted by molar-refractivity contribution is 0.0696. The van der Waals surface area contributed by atoms with Gasteiger partial charge in [0.1, 0.15) is 0 Å². The maximum absolute atomic E-state index is 12.4. The molecule has 6 heteroatoms. The fraction of sp³-hybridized carbons (Fsp3) is 0.462. The van der Waals surface area contributed by atoms with Gasteiger partial charge < -0.3 is 9.84 Å². The molecule has 19 heavy (non-hydrogen) atoms. The Balaban J connectivity index is 3.45. The number of methoxy groups -OCH3 is 1. The first-order chi connectivity index (χ1) is 8.71. The third-order valence-corrected chi connectivity index (χ3v) is 5.34. The van der Waals surface area contributed by atoms with Crippen molar-refractivity contribution in [3.8, 4) is 0 Å². The quantitative estimate of drug-likeness (QED) is 0.892. The Labute approximate surface area is 113 Å². The van der Waals surface area contributed by atoms with E-state index in [2.05, 4.69) is 0 Å². The number of carboxylic acids is 1. The highest BCUT2D eigenvalue weighted by molar-refractivity contribution is 7.92. The Bertz CT molecular complexity index is 589. The van der Waals surface area contributed by atoms with Crippen LogP contribution in [-0.2, 0) is 14.6 Å². The standard InChI is InChI=1S/C13H18O5S/c1-8-5-11(13(14)15)6-12(10(8)3)19(16,17)9(2)7-18-4/h5-6,9H,7H2,1-4H3,(H,14,15). The van der Waals surface area contributed by atoms with Gasteiger partial charge in [0.05, 0.1) is 22.3 Å². The highest BCUT2D eigenvalue weighted by atomic mass is 32.2. The predicted molar refractivity (Wildman–Crippen MR) is 71.4 cm³/mol. The van der Waals surface area contributed by atoms with Gasteiger partial charge in [0.2, 0.25) is 0 Å². The van der Waals surface area contributed by atoms with Crippen molar-refractivity contribution >= 4 is 15.8 Å². The third-order valence-electron chi connectivity index (χ3n) is 3.10. The van der Waals surface area contributed by atoms with Gasteiger partial charge in [-0.1, -0.05) is 0 Å². The second-order valence-electron chi connectivity index (χ2n) is 4.53. The molecule has 1 aromatic carbocycles. The van der Waals surface area contributed by atoms with Crippen LogP contribution >= 0.6 is 0 Å². The lowest BCUT2D eigenvalue weighted by Gasteiger charge is -2.16. The Morgan fingerprint density at radius 2 is 1.95 bits per heavy atom. The van der Waals surface area contributed by atoms with E-state index < -0.39 is 21.1 Å². The number of hydrogen-bond acceptors (Lipinski definition) is 4. The van der Waals surface area contributed by atoms with Crippen LogP contribution in [0.2, 0.25) is 0 Å². The lowest BCUT2D eigenvalue weighted by atomic mass is 10.1. The average molecular weight is 286 g/mol. The molecule has 1 unspecified atom stereocenters. The van der Waals surface area contributed by atoms with Crippen molar-refractivity contribution in [2.75, 3.05) is 13.7 Å².